The molecule has 4 fully saturated rings. The molecule has 2 aromatic rings. The first-order chi connectivity index (χ1) is 21.0. The van der Waals surface area contributed by atoms with Crippen molar-refractivity contribution < 1.29 is 33.7 Å². The van der Waals surface area contributed by atoms with Crippen LogP contribution < -0.4 is 10.6 Å². The molecule has 1 aromatic carbocycles. The Morgan fingerprint density at radius 3 is 2.48 bits per heavy atom. The third-order valence-corrected chi connectivity index (χ3v) is 9.63. The van der Waals surface area contributed by atoms with Gasteiger partial charge < -0.3 is 35.4 Å². The number of hydrogen-bond acceptors (Lipinski definition) is 9. The van der Waals surface area contributed by atoms with E-state index in [9.17, 15) is 29.0 Å². The van der Waals surface area contributed by atoms with Gasteiger partial charge in [0.1, 0.15) is 35.9 Å². The van der Waals surface area contributed by atoms with E-state index in [1.54, 1.807) is 27.9 Å². The van der Waals surface area contributed by atoms with E-state index >= 15 is 0 Å². The number of rotatable bonds is 3. The molecule has 2 bridgehead atoms. The highest BCUT2D eigenvalue weighted by Crippen LogP contribution is 2.34. The first-order valence-electron chi connectivity index (χ1n) is 15.3. The van der Waals surface area contributed by atoms with Gasteiger partial charge in [0.2, 0.25) is 17.7 Å². The number of carbonyl (C=O) groups is 3. The molecule has 238 valence electrons. The molecule has 1 aromatic heterocycles. The largest absolute Gasteiger partial charge is 0.388 e. The van der Waals surface area contributed by atoms with Crippen molar-refractivity contribution in [3.63, 3.8) is 0 Å². The van der Waals surface area contributed by atoms with Gasteiger partial charge in [-0.05, 0) is 51.0 Å². The van der Waals surface area contributed by atoms with E-state index in [2.05, 4.69) is 39.7 Å². The number of piperidine rings is 1. The van der Waals surface area contributed by atoms with E-state index in [1.807, 2.05) is 0 Å². The molecule has 4 N–H and O–H groups in total. The van der Waals surface area contributed by atoms with Crippen LogP contribution in [0.3, 0.4) is 0 Å². The number of carbonyl (C=O) groups excluding carboxylic acids is 3. The maximum Gasteiger partial charge on any atom is 0.242 e. The van der Waals surface area contributed by atoms with E-state index < -0.39 is 41.9 Å². The topological polar surface area (TPSA) is 162 Å². The summed E-state index contributed by atoms with van der Waals surface area (Å²) in [7, 11) is 0. The molecule has 2 unspecified atom stereocenters. The summed E-state index contributed by atoms with van der Waals surface area (Å²) in [6, 6.07) is 5.01. The van der Waals surface area contributed by atoms with Crippen molar-refractivity contribution in [2.75, 3.05) is 26.2 Å². The summed E-state index contributed by atoms with van der Waals surface area (Å²) in [6.07, 6.45) is -1.51. The average molecular weight is 614 g/mol. The fraction of sp³-hybridized carbons (Fsp3) is 0.633. The minimum atomic E-state index is -1.29. The second kappa shape index (κ2) is 12.1. The van der Waals surface area contributed by atoms with E-state index in [-0.39, 0.29) is 56.0 Å². The Balaban J connectivity index is 1.28. The number of aromatic nitrogens is 3. The second-order valence-electron chi connectivity index (χ2n) is 12.8. The molecule has 0 saturated carbocycles. The lowest BCUT2D eigenvalue weighted by Gasteiger charge is -2.44. The minimum absolute atomic E-state index is 0.0126. The average Bonchev–Trinajstić information content (AvgIpc) is 3.71. The number of nitrogens with zero attached hydrogens (tertiary/aromatic N) is 5. The van der Waals surface area contributed by atoms with Gasteiger partial charge in [0, 0.05) is 44.2 Å². The van der Waals surface area contributed by atoms with Gasteiger partial charge in [-0.3, -0.25) is 14.4 Å². The van der Waals surface area contributed by atoms with E-state index in [0.717, 1.165) is 0 Å². The Kier molecular flexibility index (Phi) is 8.44. The van der Waals surface area contributed by atoms with Crippen molar-refractivity contribution >= 4 is 17.7 Å². The predicted octanol–water partition coefficient (Wildman–Crippen LogP) is -0.0154. The molecule has 6 rings (SSSR count). The quantitative estimate of drug-likeness (QED) is 0.373. The fourth-order valence-electron chi connectivity index (χ4n) is 6.95. The molecule has 44 heavy (non-hydrogen) atoms. The second-order valence-corrected chi connectivity index (χ2v) is 12.8. The van der Waals surface area contributed by atoms with Gasteiger partial charge in [-0.1, -0.05) is 5.21 Å². The van der Waals surface area contributed by atoms with Gasteiger partial charge in [-0.25, -0.2) is 9.07 Å². The molecular weight excluding hydrogens is 573 g/mol. The maximum absolute atomic E-state index is 14.1. The van der Waals surface area contributed by atoms with Crippen LogP contribution in [0.15, 0.2) is 30.5 Å². The Labute approximate surface area is 254 Å². The molecule has 6 atom stereocenters. The van der Waals surface area contributed by atoms with Crippen molar-refractivity contribution in [2.24, 2.45) is 0 Å². The first-order valence-corrected chi connectivity index (χ1v) is 15.3. The number of halogens is 1. The summed E-state index contributed by atoms with van der Waals surface area (Å²) in [5.74, 6) is -1.38. The van der Waals surface area contributed by atoms with Gasteiger partial charge >= 0.3 is 0 Å². The highest BCUT2D eigenvalue weighted by molar-refractivity contribution is 5.89. The molecule has 3 amide bonds. The zero-order valence-corrected chi connectivity index (χ0v) is 24.9. The first kappa shape index (κ1) is 30.6. The molecule has 1 spiro atoms. The third-order valence-electron chi connectivity index (χ3n) is 9.63. The molecular formula is C30H40FN7O6. The number of aliphatic hydroxyl groups is 2. The van der Waals surface area contributed by atoms with Crippen LogP contribution in [-0.2, 0) is 19.1 Å². The summed E-state index contributed by atoms with van der Waals surface area (Å²) >= 11 is 0. The number of fused-ring (bicyclic) bond motifs is 3. The number of likely N-dealkylation sites (tertiary alicyclic amines) is 1. The summed E-state index contributed by atoms with van der Waals surface area (Å²) in [5, 5.41) is 35.6. The summed E-state index contributed by atoms with van der Waals surface area (Å²) < 4.78 is 20.9. The zero-order valence-electron chi connectivity index (χ0n) is 24.9. The van der Waals surface area contributed by atoms with Gasteiger partial charge in [0.05, 0.1) is 36.7 Å². The summed E-state index contributed by atoms with van der Waals surface area (Å²) in [4.78, 5) is 44.8. The molecule has 5 heterocycles. The Morgan fingerprint density at radius 1 is 1.07 bits per heavy atom. The van der Waals surface area contributed by atoms with Crippen LogP contribution in [0.2, 0.25) is 0 Å². The lowest BCUT2D eigenvalue weighted by Crippen LogP contribution is -2.59. The standard InChI is InChI=1S/C30H40FN7O6/c1-17(2)36-9-7-30(8-10-36)13-26(40)37-15-20(38-16-21(34-35-38)18-3-5-19(31)6-4-18)11-22(37)29(43)32-14-24-28(42)27(41)23(44-24)12-25(39)33-30/h3-6,16-17,20,22-24,27-28,41-42H,7-15H2,1-2H3,(H,32,43)(H,33,39)/t20-,22-,23-,24+,27?,28?/m0/s1. The normalized spacial score (nSPS) is 31.6. The Bertz CT molecular complexity index is 1380. The smallest absolute Gasteiger partial charge is 0.242 e. The Hall–Kier alpha value is -3.46. The van der Waals surface area contributed by atoms with Gasteiger partial charge in [-0.2, -0.15) is 0 Å². The monoisotopic (exact) mass is 613 g/mol. The molecule has 4 aliphatic rings. The molecule has 4 aliphatic heterocycles. The van der Waals surface area contributed by atoms with Crippen molar-refractivity contribution in [2.45, 2.75) is 94.0 Å². The maximum atomic E-state index is 14.1. The molecule has 0 radical (unpaired) electrons. The van der Waals surface area contributed by atoms with Crippen LogP contribution in [0, 0.1) is 5.82 Å². The predicted molar refractivity (Wildman–Crippen MR) is 154 cm³/mol. The number of amides is 3. The van der Waals surface area contributed by atoms with E-state index in [4.69, 9.17) is 4.74 Å². The van der Waals surface area contributed by atoms with Crippen LogP contribution in [0.1, 0.15) is 52.0 Å². The minimum Gasteiger partial charge on any atom is -0.388 e. The number of ether oxygens (including phenoxy) is 1. The third kappa shape index (κ3) is 6.08. The van der Waals surface area contributed by atoms with E-state index in [0.29, 0.717) is 43.2 Å². The van der Waals surface area contributed by atoms with E-state index in [1.165, 1.54) is 12.1 Å². The van der Waals surface area contributed by atoms with Crippen LogP contribution in [0.25, 0.3) is 11.3 Å². The van der Waals surface area contributed by atoms with Crippen LogP contribution in [0.5, 0.6) is 0 Å². The van der Waals surface area contributed by atoms with Crippen molar-refractivity contribution in [3.05, 3.63) is 36.3 Å². The lowest BCUT2D eigenvalue weighted by molar-refractivity contribution is -0.141. The van der Waals surface area contributed by atoms with Crippen LogP contribution >= 0.6 is 0 Å². The van der Waals surface area contributed by atoms with Gasteiger partial charge in [-0.15, -0.1) is 5.10 Å². The lowest BCUT2D eigenvalue weighted by atomic mass is 9.83. The van der Waals surface area contributed by atoms with Crippen LogP contribution in [0.4, 0.5) is 4.39 Å². The molecule has 4 saturated heterocycles. The number of aliphatic hydroxyl groups excluding tert-OH is 2. The highest BCUT2D eigenvalue weighted by Gasteiger charge is 2.48. The van der Waals surface area contributed by atoms with Crippen molar-refractivity contribution in [1.29, 1.82) is 0 Å². The number of nitrogens with one attached hydrogen (secondary N) is 2. The summed E-state index contributed by atoms with van der Waals surface area (Å²) in [5.41, 5.74) is 0.380. The SMILES string of the molecule is CC(C)N1CCC2(CC1)CC(=O)N1C[C@@H](n3cc(-c4ccc(F)cc4)nn3)C[C@H]1C(=O)NC[C@H]1O[C@@H](CC(=O)N2)C(O)C1O. The molecule has 14 heteroatoms. The molecule has 13 nitrogen and oxygen atoms in total. The highest BCUT2D eigenvalue weighted by atomic mass is 19.1. The molecule has 0 aliphatic carbocycles. The Morgan fingerprint density at radius 2 is 1.77 bits per heavy atom. The zero-order chi connectivity index (χ0) is 31.2. The van der Waals surface area contributed by atoms with Gasteiger partial charge in [0.25, 0.3) is 0 Å². The number of hydrogen-bond donors (Lipinski definition) is 4. The number of benzene rings is 1. The van der Waals surface area contributed by atoms with Crippen molar-refractivity contribution in [1.82, 2.24) is 35.4 Å². The van der Waals surface area contributed by atoms with Crippen LogP contribution in [-0.4, -0.2) is 121 Å². The fourth-order valence-corrected chi connectivity index (χ4v) is 6.95. The summed E-state index contributed by atoms with van der Waals surface area (Å²) in [6.45, 7) is 5.70. The van der Waals surface area contributed by atoms with Gasteiger partial charge in [0.15, 0.2) is 0 Å². The van der Waals surface area contributed by atoms with Crippen molar-refractivity contribution in [3.8, 4) is 11.3 Å².